The molecule has 64 valence electrons. The molecule has 1 nitrogen and oxygen atoms in total. The first kappa shape index (κ1) is 9.01. The first-order chi connectivity index (χ1) is 5.72. The second-order valence-electron chi connectivity index (χ2n) is 3.01. The molecule has 1 N–H and O–H groups in total. The number of benzene rings is 1. The molecule has 0 aliphatic rings. The van der Waals surface area contributed by atoms with E-state index in [0.717, 1.165) is 5.56 Å². The zero-order valence-electron chi connectivity index (χ0n) is 7.54. The average molecular weight is 162 g/mol. The largest absolute Gasteiger partial charge is 0.392 e. The molecule has 1 aromatic carbocycles. The Bertz CT molecular complexity index is 267. The van der Waals surface area contributed by atoms with Crippen LogP contribution in [0.3, 0.4) is 0 Å². The molecule has 0 aliphatic heterocycles. The summed E-state index contributed by atoms with van der Waals surface area (Å²) in [6, 6.07) is 6.33. The van der Waals surface area contributed by atoms with Crippen molar-refractivity contribution in [1.29, 1.82) is 0 Å². The first-order valence-corrected chi connectivity index (χ1v) is 4.08. The van der Waals surface area contributed by atoms with Gasteiger partial charge < -0.3 is 5.11 Å². The molecule has 0 aromatic heterocycles. The molecule has 0 spiro atoms. The Balaban J connectivity index is 2.93. The summed E-state index contributed by atoms with van der Waals surface area (Å²) >= 11 is 0. The minimum Gasteiger partial charge on any atom is -0.392 e. The van der Waals surface area contributed by atoms with Crippen molar-refractivity contribution in [2.75, 3.05) is 6.61 Å². The number of rotatable bonds is 2. The fourth-order valence-corrected chi connectivity index (χ4v) is 1.29. The molecule has 0 saturated heterocycles. The minimum absolute atomic E-state index is 0.104. The summed E-state index contributed by atoms with van der Waals surface area (Å²) in [6.07, 6.45) is 3.67. The van der Waals surface area contributed by atoms with Gasteiger partial charge in [-0.25, -0.2) is 0 Å². The lowest BCUT2D eigenvalue weighted by atomic mass is 10.1. The lowest BCUT2D eigenvalue weighted by molar-refractivity contribution is 0.343. The van der Waals surface area contributed by atoms with Gasteiger partial charge in [0, 0.05) is 0 Å². The van der Waals surface area contributed by atoms with Crippen molar-refractivity contribution in [3.8, 4) is 0 Å². The highest BCUT2D eigenvalue weighted by atomic mass is 16.2. The monoisotopic (exact) mass is 162 g/mol. The molecule has 1 rings (SSSR count). The lowest BCUT2D eigenvalue weighted by Crippen LogP contribution is -1.80. The Morgan fingerprint density at radius 1 is 1.17 bits per heavy atom. The van der Waals surface area contributed by atoms with Crippen LogP contribution < -0.4 is 0 Å². The predicted octanol–water partition coefficient (Wildman–Crippen LogP) is 2.31. The van der Waals surface area contributed by atoms with Crippen LogP contribution in [0.15, 0.2) is 24.3 Å². The van der Waals surface area contributed by atoms with Gasteiger partial charge in [0.25, 0.3) is 0 Å². The van der Waals surface area contributed by atoms with Crippen LogP contribution in [-0.4, -0.2) is 11.7 Å². The van der Waals surface area contributed by atoms with Crippen LogP contribution in [0.25, 0.3) is 6.08 Å². The van der Waals surface area contributed by atoms with Crippen LogP contribution in [0, 0.1) is 13.8 Å². The van der Waals surface area contributed by atoms with E-state index in [2.05, 4.69) is 32.0 Å². The SMILES string of the molecule is Cc1cc(C)cc(/C=C/CO)c1. The molecule has 1 heteroatoms. The van der Waals surface area contributed by atoms with Gasteiger partial charge in [0.1, 0.15) is 0 Å². The van der Waals surface area contributed by atoms with E-state index in [1.807, 2.05) is 6.08 Å². The van der Waals surface area contributed by atoms with Gasteiger partial charge in [-0.1, -0.05) is 41.5 Å². The van der Waals surface area contributed by atoms with Gasteiger partial charge in [-0.2, -0.15) is 0 Å². The Morgan fingerprint density at radius 2 is 1.75 bits per heavy atom. The summed E-state index contributed by atoms with van der Waals surface area (Å²) in [6.45, 7) is 4.25. The number of hydrogen-bond acceptors (Lipinski definition) is 1. The number of aliphatic hydroxyl groups excluding tert-OH is 1. The van der Waals surface area contributed by atoms with Gasteiger partial charge in [-0.05, 0) is 19.4 Å². The smallest absolute Gasteiger partial charge is 0.0615 e. The van der Waals surface area contributed by atoms with Gasteiger partial charge in [-0.15, -0.1) is 0 Å². The standard InChI is InChI=1S/C11H14O/c1-9-6-10(2)8-11(7-9)4-3-5-12/h3-4,6-8,12H,5H2,1-2H3/b4-3+. The number of aliphatic hydroxyl groups is 1. The van der Waals surface area contributed by atoms with Crippen LogP contribution in [0.5, 0.6) is 0 Å². The van der Waals surface area contributed by atoms with Crippen molar-refractivity contribution < 1.29 is 5.11 Å². The summed E-state index contributed by atoms with van der Waals surface area (Å²) in [7, 11) is 0. The molecule has 0 saturated carbocycles. The lowest BCUT2D eigenvalue weighted by Gasteiger charge is -1.98. The Hall–Kier alpha value is -1.08. The van der Waals surface area contributed by atoms with E-state index >= 15 is 0 Å². The van der Waals surface area contributed by atoms with Crippen molar-refractivity contribution in [2.24, 2.45) is 0 Å². The Kier molecular flexibility index (Phi) is 3.06. The topological polar surface area (TPSA) is 20.2 Å². The molecule has 0 amide bonds. The maximum atomic E-state index is 8.58. The van der Waals surface area contributed by atoms with Crippen LogP contribution in [-0.2, 0) is 0 Å². The van der Waals surface area contributed by atoms with Crippen LogP contribution >= 0.6 is 0 Å². The van der Waals surface area contributed by atoms with Gasteiger partial charge in [-0.3, -0.25) is 0 Å². The number of aryl methyl sites for hydroxylation is 2. The fourth-order valence-electron chi connectivity index (χ4n) is 1.29. The van der Waals surface area contributed by atoms with Crippen LogP contribution in [0.1, 0.15) is 16.7 Å². The van der Waals surface area contributed by atoms with Crippen LogP contribution in [0.2, 0.25) is 0 Å². The van der Waals surface area contributed by atoms with Gasteiger partial charge >= 0.3 is 0 Å². The van der Waals surface area contributed by atoms with Crippen molar-refractivity contribution in [3.63, 3.8) is 0 Å². The highest BCUT2D eigenvalue weighted by Gasteiger charge is 1.90. The van der Waals surface area contributed by atoms with E-state index in [4.69, 9.17) is 5.11 Å². The normalized spacial score (nSPS) is 10.9. The highest BCUT2D eigenvalue weighted by Crippen LogP contribution is 2.09. The van der Waals surface area contributed by atoms with Gasteiger partial charge in [0.15, 0.2) is 0 Å². The maximum Gasteiger partial charge on any atom is 0.0615 e. The molecule has 0 aliphatic carbocycles. The second-order valence-corrected chi connectivity index (χ2v) is 3.01. The molecule has 0 radical (unpaired) electrons. The minimum atomic E-state index is 0.104. The zero-order valence-corrected chi connectivity index (χ0v) is 7.54. The Morgan fingerprint density at radius 3 is 2.25 bits per heavy atom. The molecular formula is C11H14O. The van der Waals surface area contributed by atoms with Crippen molar-refractivity contribution in [3.05, 3.63) is 41.0 Å². The average Bonchev–Trinajstić information content (AvgIpc) is 1.99. The van der Waals surface area contributed by atoms with E-state index in [1.54, 1.807) is 6.08 Å². The third-order valence-corrected chi connectivity index (χ3v) is 1.66. The quantitative estimate of drug-likeness (QED) is 0.707. The fraction of sp³-hybridized carbons (Fsp3) is 0.273. The molecule has 1 aromatic rings. The second kappa shape index (κ2) is 4.07. The number of hydrogen-bond donors (Lipinski definition) is 1. The van der Waals surface area contributed by atoms with E-state index in [9.17, 15) is 0 Å². The zero-order chi connectivity index (χ0) is 8.97. The molecule has 12 heavy (non-hydrogen) atoms. The molecule has 0 fully saturated rings. The molecule has 0 heterocycles. The molecule has 0 bridgehead atoms. The van der Waals surface area contributed by atoms with Gasteiger partial charge in [0.2, 0.25) is 0 Å². The summed E-state index contributed by atoms with van der Waals surface area (Å²) < 4.78 is 0. The van der Waals surface area contributed by atoms with E-state index in [0.29, 0.717) is 0 Å². The van der Waals surface area contributed by atoms with E-state index < -0.39 is 0 Å². The van der Waals surface area contributed by atoms with E-state index in [1.165, 1.54) is 11.1 Å². The predicted molar refractivity (Wildman–Crippen MR) is 52.0 cm³/mol. The summed E-state index contributed by atoms with van der Waals surface area (Å²) in [5.41, 5.74) is 3.67. The van der Waals surface area contributed by atoms with Crippen molar-refractivity contribution >= 4 is 6.08 Å². The van der Waals surface area contributed by atoms with Crippen molar-refractivity contribution in [1.82, 2.24) is 0 Å². The first-order valence-electron chi connectivity index (χ1n) is 4.08. The van der Waals surface area contributed by atoms with Crippen molar-refractivity contribution in [2.45, 2.75) is 13.8 Å². The maximum absolute atomic E-state index is 8.58. The van der Waals surface area contributed by atoms with Crippen LogP contribution in [0.4, 0.5) is 0 Å². The molecule has 0 unspecified atom stereocenters. The third kappa shape index (κ3) is 2.51. The highest BCUT2D eigenvalue weighted by molar-refractivity contribution is 5.51. The Labute approximate surface area is 73.4 Å². The summed E-state index contributed by atoms with van der Waals surface area (Å²) in [5.74, 6) is 0. The van der Waals surface area contributed by atoms with E-state index in [-0.39, 0.29) is 6.61 Å². The summed E-state index contributed by atoms with van der Waals surface area (Å²) in [4.78, 5) is 0. The van der Waals surface area contributed by atoms with Gasteiger partial charge in [0.05, 0.1) is 6.61 Å². The summed E-state index contributed by atoms with van der Waals surface area (Å²) in [5, 5.41) is 8.58. The molecule has 0 atom stereocenters. The third-order valence-electron chi connectivity index (χ3n) is 1.66. The molecular weight excluding hydrogens is 148 g/mol.